The SMILES string of the molecule is CC(C)CNC(=O)NC(=O)Cn1cnc2ccccc2c1=O. The molecule has 0 bridgehead atoms. The topological polar surface area (TPSA) is 93.1 Å². The molecule has 2 aromatic rings. The molecule has 116 valence electrons. The van der Waals surface area contributed by atoms with Gasteiger partial charge in [-0.15, -0.1) is 0 Å². The predicted octanol–water partition coefficient (Wildman–Crippen LogP) is 0.878. The van der Waals surface area contributed by atoms with E-state index < -0.39 is 11.9 Å². The molecule has 1 aromatic carbocycles. The molecule has 0 saturated carbocycles. The summed E-state index contributed by atoms with van der Waals surface area (Å²) in [5, 5.41) is 5.18. The minimum Gasteiger partial charge on any atom is -0.338 e. The molecule has 1 heterocycles. The van der Waals surface area contributed by atoms with E-state index in [9.17, 15) is 14.4 Å². The molecular formula is C15H18N4O3. The Morgan fingerprint density at radius 1 is 1.27 bits per heavy atom. The average Bonchev–Trinajstić information content (AvgIpc) is 2.48. The van der Waals surface area contributed by atoms with Gasteiger partial charge in [0.15, 0.2) is 0 Å². The fourth-order valence-electron chi connectivity index (χ4n) is 1.88. The van der Waals surface area contributed by atoms with E-state index in [0.717, 1.165) is 0 Å². The van der Waals surface area contributed by atoms with Crippen molar-refractivity contribution in [3.05, 3.63) is 40.9 Å². The number of carbonyl (C=O) groups excluding carboxylic acids is 2. The number of imide groups is 1. The molecule has 0 aliphatic heterocycles. The maximum atomic E-state index is 12.2. The van der Waals surface area contributed by atoms with Crippen LogP contribution in [-0.4, -0.2) is 28.0 Å². The molecule has 3 amide bonds. The van der Waals surface area contributed by atoms with Crippen LogP contribution in [-0.2, 0) is 11.3 Å². The van der Waals surface area contributed by atoms with Crippen LogP contribution >= 0.6 is 0 Å². The molecule has 0 atom stereocenters. The van der Waals surface area contributed by atoms with Crippen molar-refractivity contribution in [1.29, 1.82) is 0 Å². The van der Waals surface area contributed by atoms with Crippen molar-refractivity contribution in [2.24, 2.45) is 5.92 Å². The Labute approximate surface area is 127 Å². The van der Waals surface area contributed by atoms with E-state index in [1.807, 2.05) is 13.8 Å². The highest BCUT2D eigenvalue weighted by molar-refractivity contribution is 5.94. The van der Waals surface area contributed by atoms with Gasteiger partial charge in [-0.05, 0) is 18.1 Å². The quantitative estimate of drug-likeness (QED) is 0.876. The van der Waals surface area contributed by atoms with E-state index in [2.05, 4.69) is 15.6 Å². The van der Waals surface area contributed by atoms with Gasteiger partial charge in [-0.2, -0.15) is 0 Å². The average molecular weight is 302 g/mol. The van der Waals surface area contributed by atoms with E-state index in [0.29, 0.717) is 17.4 Å². The Kier molecular flexibility index (Phi) is 4.88. The van der Waals surface area contributed by atoms with E-state index in [4.69, 9.17) is 0 Å². The van der Waals surface area contributed by atoms with E-state index in [1.54, 1.807) is 24.3 Å². The van der Waals surface area contributed by atoms with Crippen molar-refractivity contribution in [3.63, 3.8) is 0 Å². The lowest BCUT2D eigenvalue weighted by Crippen LogP contribution is -2.43. The summed E-state index contributed by atoms with van der Waals surface area (Å²) in [6, 6.07) is 6.31. The van der Waals surface area contributed by atoms with Gasteiger partial charge in [0.2, 0.25) is 5.91 Å². The molecule has 0 aliphatic carbocycles. The highest BCUT2D eigenvalue weighted by Crippen LogP contribution is 2.04. The number of aromatic nitrogens is 2. The summed E-state index contributed by atoms with van der Waals surface area (Å²) in [7, 11) is 0. The second kappa shape index (κ2) is 6.84. The Morgan fingerprint density at radius 2 is 2.00 bits per heavy atom. The first kappa shape index (κ1) is 15.7. The Morgan fingerprint density at radius 3 is 2.73 bits per heavy atom. The predicted molar refractivity (Wildman–Crippen MR) is 82.4 cm³/mol. The minimum absolute atomic E-state index is 0.258. The Balaban J connectivity index is 2.04. The molecule has 7 nitrogen and oxygen atoms in total. The number of rotatable bonds is 4. The van der Waals surface area contributed by atoms with E-state index in [1.165, 1.54) is 10.9 Å². The second-order valence-electron chi connectivity index (χ2n) is 5.35. The third-order valence-corrected chi connectivity index (χ3v) is 2.97. The van der Waals surface area contributed by atoms with Crippen LogP contribution in [0.4, 0.5) is 4.79 Å². The molecule has 1 aromatic heterocycles. The van der Waals surface area contributed by atoms with Gasteiger partial charge in [-0.25, -0.2) is 9.78 Å². The van der Waals surface area contributed by atoms with Gasteiger partial charge in [0, 0.05) is 6.54 Å². The maximum Gasteiger partial charge on any atom is 0.321 e. The summed E-state index contributed by atoms with van der Waals surface area (Å²) in [6.45, 7) is 4.10. The summed E-state index contributed by atoms with van der Waals surface area (Å²) >= 11 is 0. The summed E-state index contributed by atoms with van der Waals surface area (Å²) < 4.78 is 1.17. The van der Waals surface area contributed by atoms with Gasteiger partial charge in [-0.1, -0.05) is 26.0 Å². The van der Waals surface area contributed by atoms with Crippen LogP contribution < -0.4 is 16.2 Å². The first-order valence-corrected chi connectivity index (χ1v) is 6.99. The fourth-order valence-corrected chi connectivity index (χ4v) is 1.88. The smallest absolute Gasteiger partial charge is 0.321 e. The van der Waals surface area contributed by atoms with Crippen LogP contribution in [0.5, 0.6) is 0 Å². The van der Waals surface area contributed by atoms with Gasteiger partial charge in [0.25, 0.3) is 5.56 Å². The standard InChI is InChI=1S/C15H18N4O3/c1-10(2)7-16-15(22)18-13(20)8-19-9-17-12-6-4-3-5-11(12)14(19)21/h3-6,9-10H,7-8H2,1-2H3,(H2,16,18,20,22). The highest BCUT2D eigenvalue weighted by atomic mass is 16.2. The molecule has 0 saturated heterocycles. The highest BCUT2D eigenvalue weighted by Gasteiger charge is 2.11. The monoisotopic (exact) mass is 302 g/mol. The van der Waals surface area contributed by atoms with Crippen molar-refractivity contribution in [3.8, 4) is 0 Å². The second-order valence-corrected chi connectivity index (χ2v) is 5.35. The summed E-state index contributed by atoms with van der Waals surface area (Å²) in [6.07, 6.45) is 1.30. The van der Waals surface area contributed by atoms with Crippen LogP contribution in [0.1, 0.15) is 13.8 Å². The number of nitrogens with one attached hydrogen (secondary N) is 2. The number of benzene rings is 1. The zero-order valence-electron chi connectivity index (χ0n) is 12.5. The molecule has 0 unspecified atom stereocenters. The summed E-state index contributed by atoms with van der Waals surface area (Å²) in [5.41, 5.74) is 0.252. The first-order chi connectivity index (χ1) is 10.5. The third-order valence-electron chi connectivity index (χ3n) is 2.97. The normalized spacial score (nSPS) is 10.7. The molecular weight excluding hydrogens is 284 g/mol. The van der Waals surface area contributed by atoms with Gasteiger partial charge in [0.1, 0.15) is 6.54 Å². The molecule has 0 aliphatic rings. The van der Waals surface area contributed by atoms with Gasteiger partial charge in [0.05, 0.1) is 17.2 Å². The van der Waals surface area contributed by atoms with E-state index >= 15 is 0 Å². The lowest BCUT2D eigenvalue weighted by molar-refractivity contribution is -0.120. The van der Waals surface area contributed by atoms with Gasteiger partial charge < -0.3 is 5.32 Å². The lowest BCUT2D eigenvalue weighted by Gasteiger charge is -2.09. The number of amides is 3. The van der Waals surface area contributed by atoms with Gasteiger partial charge in [-0.3, -0.25) is 19.5 Å². The minimum atomic E-state index is -0.569. The molecule has 0 fully saturated rings. The number of carbonyl (C=O) groups is 2. The number of nitrogens with zero attached hydrogens (tertiary/aromatic N) is 2. The molecule has 2 N–H and O–H groups in total. The third kappa shape index (κ3) is 3.91. The zero-order chi connectivity index (χ0) is 16.1. The van der Waals surface area contributed by atoms with Crippen LogP contribution in [0.2, 0.25) is 0 Å². The maximum absolute atomic E-state index is 12.2. The van der Waals surface area contributed by atoms with Crippen LogP contribution in [0.25, 0.3) is 10.9 Å². The molecule has 7 heteroatoms. The molecule has 0 spiro atoms. The zero-order valence-corrected chi connectivity index (χ0v) is 12.5. The number of hydrogen-bond donors (Lipinski definition) is 2. The van der Waals surface area contributed by atoms with Crippen LogP contribution in [0.15, 0.2) is 35.4 Å². The van der Waals surface area contributed by atoms with Crippen LogP contribution in [0, 0.1) is 5.92 Å². The van der Waals surface area contributed by atoms with Crippen molar-refractivity contribution in [2.75, 3.05) is 6.54 Å². The first-order valence-electron chi connectivity index (χ1n) is 6.99. The molecule has 0 radical (unpaired) electrons. The number of urea groups is 1. The van der Waals surface area contributed by atoms with Crippen molar-refractivity contribution >= 4 is 22.8 Å². The van der Waals surface area contributed by atoms with Crippen LogP contribution in [0.3, 0.4) is 0 Å². The number of fused-ring (bicyclic) bond motifs is 1. The number of para-hydroxylation sites is 1. The fraction of sp³-hybridized carbons (Fsp3) is 0.333. The Bertz CT molecular complexity index is 752. The summed E-state index contributed by atoms with van der Waals surface area (Å²) in [5.74, 6) is -0.284. The molecule has 2 rings (SSSR count). The molecule has 22 heavy (non-hydrogen) atoms. The lowest BCUT2D eigenvalue weighted by atomic mass is 10.2. The van der Waals surface area contributed by atoms with Gasteiger partial charge >= 0.3 is 6.03 Å². The Hall–Kier alpha value is -2.70. The summed E-state index contributed by atoms with van der Waals surface area (Å²) in [4.78, 5) is 39.6. The number of hydrogen-bond acceptors (Lipinski definition) is 4. The van der Waals surface area contributed by atoms with Crippen molar-refractivity contribution < 1.29 is 9.59 Å². The van der Waals surface area contributed by atoms with Crippen molar-refractivity contribution in [1.82, 2.24) is 20.2 Å². The van der Waals surface area contributed by atoms with Crippen molar-refractivity contribution in [2.45, 2.75) is 20.4 Å². The van der Waals surface area contributed by atoms with E-state index in [-0.39, 0.29) is 18.0 Å². The largest absolute Gasteiger partial charge is 0.338 e.